The summed E-state index contributed by atoms with van der Waals surface area (Å²) < 4.78 is 1.97. The number of rotatable bonds is 8. The van der Waals surface area contributed by atoms with Crippen LogP contribution < -0.4 is 10.6 Å². The molecule has 1 aromatic carbocycles. The van der Waals surface area contributed by atoms with E-state index in [1.54, 1.807) is 11.3 Å². The van der Waals surface area contributed by atoms with Crippen molar-refractivity contribution in [3.63, 3.8) is 0 Å². The Labute approximate surface area is 200 Å². The summed E-state index contributed by atoms with van der Waals surface area (Å²) in [6.45, 7) is 7.69. The summed E-state index contributed by atoms with van der Waals surface area (Å²) in [5, 5.41) is 17.5. The van der Waals surface area contributed by atoms with Gasteiger partial charge in [-0.25, -0.2) is 4.99 Å². The molecule has 0 aliphatic heterocycles. The highest BCUT2D eigenvalue weighted by Crippen LogP contribution is 2.18. The first-order valence-corrected chi connectivity index (χ1v) is 10.9. The predicted molar refractivity (Wildman–Crippen MR) is 136 cm³/mol. The number of thiophene rings is 1. The van der Waals surface area contributed by atoms with Crippen molar-refractivity contribution in [3.8, 4) is 0 Å². The molecule has 30 heavy (non-hydrogen) atoms. The standard InChI is InChI=1S/C22H30N6S.HI/c1-16(19-9-6-5-7-10-19)17(2)25-22(23-13-12-20-11-8-14-29-20)24-15-21-27-26-18(3)28(21)4;/h5-11,14,16-17H,12-13,15H2,1-4H3,(H2,23,24,25);1H. The van der Waals surface area contributed by atoms with Gasteiger partial charge in [0.25, 0.3) is 0 Å². The lowest BCUT2D eigenvalue weighted by molar-refractivity contribution is 0.549. The molecule has 0 saturated carbocycles. The maximum Gasteiger partial charge on any atom is 0.191 e. The fourth-order valence-electron chi connectivity index (χ4n) is 3.04. The van der Waals surface area contributed by atoms with Crippen molar-refractivity contribution in [1.29, 1.82) is 0 Å². The van der Waals surface area contributed by atoms with Crippen LogP contribution in [0.1, 0.15) is 41.9 Å². The van der Waals surface area contributed by atoms with Crippen LogP contribution in [0.25, 0.3) is 0 Å². The van der Waals surface area contributed by atoms with Gasteiger partial charge in [-0.1, -0.05) is 43.3 Å². The van der Waals surface area contributed by atoms with E-state index in [4.69, 9.17) is 4.99 Å². The van der Waals surface area contributed by atoms with Crippen molar-refractivity contribution < 1.29 is 0 Å². The van der Waals surface area contributed by atoms with Gasteiger partial charge in [0, 0.05) is 30.4 Å². The average molecular weight is 539 g/mol. The van der Waals surface area contributed by atoms with Crippen molar-refractivity contribution in [2.24, 2.45) is 12.0 Å². The first-order valence-electron chi connectivity index (χ1n) is 10.0. The summed E-state index contributed by atoms with van der Waals surface area (Å²) in [7, 11) is 1.97. The van der Waals surface area contributed by atoms with Gasteiger partial charge in [-0.3, -0.25) is 0 Å². The summed E-state index contributed by atoms with van der Waals surface area (Å²) in [6.07, 6.45) is 0.976. The molecular weight excluding hydrogens is 507 g/mol. The molecule has 0 aliphatic rings. The van der Waals surface area contributed by atoms with Crippen LogP contribution in [-0.2, 0) is 20.0 Å². The molecule has 2 N–H and O–H groups in total. The van der Waals surface area contributed by atoms with Crippen molar-refractivity contribution in [3.05, 3.63) is 69.9 Å². The summed E-state index contributed by atoms with van der Waals surface area (Å²) >= 11 is 1.78. The van der Waals surface area contributed by atoms with Gasteiger partial charge in [-0.05, 0) is 37.3 Å². The molecule has 0 aliphatic carbocycles. The second-order valence-corrected chi connectivity index (χ2v) is 8.31. The molecule has 0 spiro atoms. The van der Waals surface area contributed by atoms with Crippen molar-refractivity contribution in [2.45, 2.75) is 45.7 Å². The molecule has 6 nitrogen and oxygen atoms in total. The summed E-state index contributed by atoms with van der Waals surface area (Å²) in [5.74, 6) is 2.90. The zero-order valence-electron chi connectivity index (χ0n) is 18.0. The van der Waals surface area contributed by atoms with E-state index in [-0.39, 0.29) is 30.0 Å². The van der Waals surface area contributed by atoms with Crippen LogP contribution in [0.4, 0.5) is 0 Å². The van der Waals surface area contributed by atoms with E-state index < -0.39 is 0 Å². The van der Waals surface area contributed by atoms with E-state index in [1.807, 2.05) is 18.5 Å². The van der Waals surface area contributed by atoms with Gasteiger partial charge in [0.1, 0.15) is 12.4 Å². The van der Waals surface area contributed by atoms with Crippen LogP contribution >= 0.6 is 35.3 Å². The van der Waals surface area contributed by atoms with Crippen LogP contribution in [0.5, 0.6) is 0 Å². The smallest absolute Gasteiger partial charge is 0.191 e. The number of halogens is 1. The molecule has 3 rings (SSSR count). The maximum atomic E-state index is 4.78. The highest BCUT2D eigenvalue weighted by Gasteiger charge is 2.16. The molecule has 8 heteroatoms. The van der Waals surface area contributed by atoms with Crippen LogP contribution in [0.15, 0.2) is 52.8 Å². The Balaban J connectivity index is 0.00000320. The van der Waals surface area contributed by atoms with Gasteiger partial charge in [0.15, 0.2) is 11.8 Å². The number of hydrogen-bond donors (Lipinski definition) is 2. The molecule has 0 amide bonds. The molecule has 0 radical (unpaired) electrons. The molecule has 0 saturated heterocycles. The van der Waals surface area contributed by atoms with Crippen molar-refractivity contribution >= 4 is 41.3 Å². The highest BCUT2D eigenvalue weighted by molar-refractivity contribution is 14.0. The lowest BCUT2D eigenvalue weighted by Gasteiger charge is -2.24. The number of nitrogens with one attached hydrogen (secondary N) is 2. The Morgan fingerprint density at radius 1 is 1.13 bits per heavy atom. The van der Waals surface area contributed by atoms with Crippen molar-refractivity contribution in [1.82, 2.24) is 25.4 Å². The fraction of sp³-hybridized carbons (Fsp3) is 0.409. The van der Waals surface area contributed by atoms with E-state index in [1.165, 1.54) is 10.4 Å². The molecule has 0 fully saturated rings. The Kier molecular flexibility index (Phi) is 9.77. The van der Waals surface area contributed by atoms with Crippen LogP contribution in [0.3, 0.4) is 0 Å². The Morgan fingerprint density at radius 3 is 2.53 bits per heavy atom. The van der Waals surface area contributed by atoms with Gasteiger partial charge < -0.3 is 15.2 Å². The number of guanidine groups is 1. The number of aromatic nitrogens is 3. The maximum absolute atomic E-state index is 4.78. The molecule has 2 aromatic heterocycles. The first kappa shape index (κ1) is 24.3. The van der Waals surface area contributed by atoms with E-state index in [0.29, 0.717) is 12.5 Å². The SMILES string of the molecule is Cc1nnc(CN=C(NCCc2cccs2)NC(C)C(C)c2ccccc2)n1C.I. The largest absolute Gasteiger partial charge is 0.356 e. The Bertz CT molecular complexity index is 907. The van der Waals surface area contributed by atoms with E-state index in [0.717, 1.165) is 30.6 Å². The van der Waals surface area contributed by atoms with Gasteiger partial charge >= 0.3 is 0 Å². The van der Waals surface area contributed by atoms with E-state index in [9.17, 15) is 0 Å². The number of aryl methyl sites for hydroxylation is 1. The van der Waals surface area contributed by atoms with Gasteiger partial charge in [0.05, 0.1) is 0 Å². The third-order valence-corrected chi connectivity index (χ3v) is 6.18. The zero-order chi connectivity index (χ0) is 20.6. The zero-order valence-corrected chi connectivity index (χ0v) is 21.1. The van der Waals surface area contributed by atoms with Gasteiger partial charge in [-0.2, -0.15) is 0 Å². The monoisotopic (exact) mass is 538 g/mol. The first-order chi connectivity index (χ1) is 14.0. The minimum atomic E-state index is 0. The Morgan fingerprint density at radius 2 is 1.90 bits per heavy atom. The minimum absolute atomic E-state index is 0. The van der Waals surface area contributed by atoms with Crippen LogP contribution in [0.2, 0.25) is 0 Å². The normalized spacial score (nSPS) is 13.4. The van der Waals surface area contributed by atoms with E-state index >= 15 is 0 Å². The number of nitrogens with zero attached hydrogens (tertiary/aromatic N) is 4. The van der Waals surface area contributed by atoms with Gasteiger partial charge in [0.2, 0.25) is 0 Å². The molecule has 162 valence electrons. The summed E-state index contributed by atoms with van der Waals surface area (Å²) in [4.78, 5) is 6.14. The molecule has 0 bridgehead atoms. The quantitative estimate of drug-likeness (QED) is 0.256. The second-order valence-electron chi connectivity index (χ2n) is 7.28. The molecule has 2 unspecified atom stereocenters. The Hall–Kier alpha value is -1.94. The predicted octanol–water partition coefficient (Wildman–Crippen LogP) is 4.27. The fourth-order valence-corrected chi connectivity index (χ4v) is 3.74. The van der Waals surface area contributed by atoms with Crippen molar-refractivity contribution in [2.75, 3.05) is 6.54 Å². The number of hydrogen-bond acceptors (Lipinski definition) is 4. The third-order valence-electron chi connectivity index (χ3n) is 5.25. The topological polar surface area (TPSA) is 67.1 Å². The van der Waals surface area contributed by atoms with E-state index in [2.05, 4.69) is 82.5 Å². The lowest BCUT2D eigenvalue weighted by Crippen LogP contribution is -2.44. The average Bonchev–Trinajstić information content (AvgIpc) is 3.36. The number of benzene rings is 1. The van der Waals surface area contributed by atoms with Gasteiger partial charge in [-0.15, -0.1) is 45.5 Å². The lowest BCUT2D eigenvalue weighted by atomic mass is 9.94. The molecular formula is C22H31IN6S. The molecule has 2 atom stereocenters. The highest BCUT2D eigenvalue weighted by atomic mass is 127. The number of aliphatic imine (C=N–C) groups is 1. The van der Waals surface area contributed by atoms with Crippen LogP contribution in [-0.4, -0.2) is 33.3 Å². The summed E-state index contributed by atoms with van der Waals surface area (Å²) in [6, 6.07) is 15.1. The molecule has 3 aromatic rings. The minimum Gasteiger partial charge on any atom is -0.356 e. The summed E-state index contributed by atoms with van der Waals surface area (Å²) in [5.41, 5.74) is 1.31. The third kappa shape index (κ3) is 6.80. The molecule has 2 heterocycles. The van der Waals surface area contributed by atoms with Crippen LogP contribution in [0, 0.1) is 6.92 Å². The second kappa shape index (κ2) is 12.0.